The Bertz CT molecular complexity index is 498. The van der Waals surface area contributed by atoms with Gasteiger partial charge in [0.25, 0.3) is 0 Å². The highest BCUT2D eigenvalue weighted by Gasteiger charge is 2.16. The number of carbonyl (C=O) groups is 1. The summed E-state index contributed by atoms with van der Waals surface area (Å²) in [5.74, 6) is 0. The van der Waals surface area contributed by atoms with Crippen LogP contribution < -0.4 is 10.6 Å². The Balaban J connectivity index is 2.29. The van der Waals surface area contributed by atoms with Gasteiger partial charge in [0.05, 0.1) is 11.6 Å². The molecule has 0 aliphatic heterocycles. The van der Waals surface area contributed by atoms with Gasteiger partial charge in [-0.3, -0.25) is 0 Å². The Morgan fingerprint density at radius 1 is 1.33 bits per heavy atom. The third-order valence-electron chi connectivity index (χ3n) is 2.69. The molecule has 0 heterocycles. The van der Waals surface area contributed by atoms with Gasteiger partial charge in [-0.25, -0.2) is 4.79 Å². The molecule has 5 heteroatoms. The number of hydrogen-bond acceptors (Lipinski definition) is 4. The van der Waals surface area contributed by atoms with Crippen LogP contribution in [0.3, 0.4) is 0 Å². The van der Waals surface area contributed by atoms with Crippen LogP contribution in [0.4, 0.5) is 4.79 Å². The highest BCUT2D eigenvalue weighted by atomic mass is 16.6. The topological polar surface area (TPSA) is 74.2 Å². The average Bonchev–Trinajstić information content (AvgIpc) is 2.41. The highest BCUT2D eigenvalue weighted by Crippen LogP contribution is 2.06. The molecule has 0 aromatic heterocycles. The summed E-state index contributed by atoms with van der Waals surface area (Å²) in [6, 6.07) is 9.62. The van der Waals surface area contributed by atoms with Crippen LogP contribution in [-0.2, 0) is 11.3 Å². The fraction of sp³-hybridized carbons (Fsp3) is 0.500. The average molecular weight is 289 g/mol. The van der Waals surface area contributed by atoms with Crippen molar-refractivity contribution in [2.45, 2.75) is 45.9 Å². The van der Waals surface area contributed by atoms with Crippen molar-refractivity contribution >= 4 is 6.09 Å². The summed E-state index contributed by atoms with van der Waals surface area (Å²) in [6.07, 6.45) is -0.408. The van der Waals surface area contributed by atoms with E-state index in [1.807, 2.05) is 39.8 Å². The summed E-state index contributed by atoms with van der Waals surface area (Å²) in [5.41, 5.74) is 1.26. The number of amides is 1. The van der Waals surface area contributed by atoms with Crippen molar-refractivity contribution in [2.75, 3.05) is 6.54 Å². The third-order valence-corrected chi connectivity index (χ3v) is 2.69. The van der Waals surface area contributed by atoms with Crippen molar-refractivity contribution in [2.24, 2.45) is 0 Å². The van der Waals surface area contributed by atoms with E-state index in [2.05, 4.69) is 16.7 Å². The molecule has 0 aliphatic carbocycles. The lowest BCUT2D eigenvalue weighted by atomic mass is 10.1. The highest BCUT2D eigenvalue weighted by molar-refractivity contribution is 5.67. The summed E-state index contributed by atoms with van der Waals surface area (Å²) in [5, 5.41) is 14.8. The molecule has 1 atom stereocenters. The van der Waals surface area contributed by atoms with Gasteiger partial charge in [0, 0.05) is 19.1 Å². The predicted octanol–water partition coefficient (Wildman–Crippen LogP) is 2.56. The number of benzene rings is 1. The largest absolute Gasteiger partial charge is 0.444 e. The van der Waals surface area contributed by atoms with Crippen LogP contribution in [-0.4, -0.2) is 24.3 Å². The second-order valence-electron chi connectivity index (χ2n) is 5.97. The first-order valence-electron chi connectivity index (χ1n) is 6.99. The number of carbonyl (C=O) groups excluding carboxylic acids is 1. The monoisotopic (exact) mass is 289 g/mol. The summed E-state index contributed by atoms with van der Waals surface area (Å²) < 4.78 is 5.17. The molecule has 114 valence electrons. The molecule has 0 fully saturated rings. The zero-order valence-electron chi connectivity index (χ0n) is 13.1. The number of hydrogen-bond donors (Lipinski definition) is 2. The third kappa shape index (κ3) is 7.33. The van der Waals surface area contributed by atoms with Gasteiger partial charge in [-0.1, -0.05) is 12.1 Å². The lowest BCUT2D eigenvalue weighted by Crippen LogP contribution is -2.40. The van der Waals surface area contributed by atoms with E-state index in [4.69, 9.17) is 10.00 Å². The predicted molar refractivity (Wildman–Crippen MR) is 81.7 cm³/mol. The minimum atomic E-state index is -0.483. The van der Waals surface area contributed by atoms with Crippen LogP contribution >= 0.6 is 0 Å². The molecule has 0 saturated carbocycles. The quantitative estimate of drug-likeness (QED) is 0.873. The Hall–Kier alpha value is -2.06. The van der Waals surface area contributed by atoms with E-state index in [0.29, 0.717) is 18.7 Å². The van der Waals surface area contributed by atoms with Gasteiger partial charge in [0.2, 0.25) is 0 Å². The van der Waals surface area contributed by atoms with Crippen LogP contribution in [0, 0.1) is 11.3 Å². The molecule has 1 unspecified atom stereocenters. The van der Waals surface area contributed by atoms with E-state index in [0.717, 1.165) is 5.56 Å². The van der Waals surface area contributed by atoms with Crippen LogP contribution in [0.15, 0.2) is 24.3 Å². The Morgan fingerprint density at radius 2 is 1.95 bits per heavy atom. The second kappa shape index (κ2) is 7.65. The smallest absolute Gasteiger partial charge is 0.407 e. The fourth-order valence-corrected chi connectivity index (χ4v) is 1.61. The molecular formula is C16H23N3O2. The van der Waals surface area contributed by atoms with Gasteiger partial charge < -0.3 is 15.4 Å². The number of nitrogens with one attached hydrogen (secondary N) is 2. The lowest BCUT2D eigenvalue weighted by Gasteiger charge is -2.21. The first-order valence-corrected chi connectivity index (χ1v) is 6.99. The van der Waals surface area contributed by atoms with E-state index in [1.54, 1.807) is 12.1 Å². The molecule has 0 radical (unpaired) electrons. The van der Waals surface area contributed by atoms with Gasteiger partial charge in [0.15, 0.2) is 0 Å². The Labute approximate surface area is 126 Å². The van der Waals surface area contributed by atoms with E-state index < -0.39 is 11.7 Å². The zero-order valence-corrected chi connectivity index (χ0v) is 13.1. The van der Waals surface area contributed by atoms with Crippen molar-refractivity contribution in [1.29, 1.82) is 5.26 Å². The molecule has 0 bridgehead atoms. The van der Waals surface area contributed by atoms with Gasteiger partial charge in [-0.2, -0.15) is 5.26 Å². The van der Waals surface area contributed by atoms with Crippen molar-refractivity contribution < 1.29 is 9.53 Å². The molecule has 1 aromatic rings. The Morgan fingerprint density at radius 3 is 2.48 bits per heavy atom. The Kier molecular flexibility index (Phi) is 6.19. The summed E-state index contributed by atoms with van der Waals surface area (Å²) in [6.45, 7) is 8.66. The molecule has 2 N–H and O–H groups in total. The molecule has 5 nitrogen and oxygen atoms in total. The number of nitrogens with zero attached hydrogens (tertiary/aromatic N) is 1. The van der Waals surface area contributed by atoms with E-state index in [9.17, 15) is 4.79 Å². The van der Waals surface area contributed by atoms with Crippen LogP contribution in [0.2, 0.25) is 0 Å². The number of nitriles is 1. The molecule has 1 amide bonds. The van der Waals surface area contributed by atoms with Crippen LogP contribution in [0.25, 0.3) is 0 Å². The summed E-state index contributed by atoms with van der Waals surface area (Å²) in [7, 11) is 0. The number of alkyl carbamates (subject to hydrolysis) is 1. The lowest BCUT2D eigenvalue weighted by molar-refractivity contribution is 0.0523. The first kappa shape index (κ1) is 17.0. The van der Waals surface area contributed by atoms with Crippen molar-refractivity contribution in [3.05, 3.63) is 35.4 Å². The standard InChI is InChI=1S/C16H23N3O2/c1-12(10-19-15(20)21-16(2,3)4)18-11-14-7-5-13(9-17)6-8-14/h5-8,12,18H,10-11H2,1-4H3,(H,19,20). The van der Waals surface area contributed by atoms with Crippen molar-refractivity contribution in [3.8, 4) is 6.07 Å². The SMILES string of the molecule is CC(CNC(=O)OC(C)(C)C)NCc1ccc(C#N)cc1. The van der Waals surface area contributed by atoms with Crippen molar-refractivity contribution in [3.63, 3.8) is 0 Å². The number of rotatable bonds is 5. The molecule has 1 rings (SSSR count). The van der Waals surface area contributed by atoms with Crippen LogP contribution in [0.1, 0.15) is 38.8 Å². The number of ether oxygens (including phenoxy) is 1. The maximum Gasteiger partial charge on any atom is 0.407 e. The maximum absolute atomic E-state index is 11.5. The summed E-state index contributed by atoms with van der Waals surface area (Å²) >= 11 is 0. The normalized spacial score (nSPS) is 12.3. The minimum absolute atomic E-state index is 0.119. The minimum Gasteiger partial charge on any atom is -0.444 e. The molecule has 1 aromatic carbocycles. The van der Waals surface area contributed by atoms with Crippen LogP contribution in [0.5, 0.6) is 0 Å². The van der Waals surface area contributed by atoms with Gasteiger partial charge >= 0.3 is 6.09 Å². The van der Waals surface area contributed by atoms with Gasteiger partial charge in [-0.05, 0) is 45.4 Å². The van der Waals surface area contributed by atoms with E-state index in [1.165, 1.54) is 0 Å². The molecule has 0 aliphatic rings. The summed E-state index contributed by atoms with van der Waals surface area (Å²) in [4.78, 5) is 11.5. The first-order chi connectivity index (χ1) is 9.80. The fourth-order valence-electron chi connectivity index (χ4n) is 1.61. The maximum atomic E-state index is 11.5. The van der Waals surface area contributed by atoms with Gasteiger partial charge in [-0.15, -0.1) is 0 Å². The molecular weight excluding hydrogens is 266 g/mol. The molecule has 0 spiro atoms. The van der Waals surface area contributed by atoms with E-state index in [-0.39, 0.29) is 6.04 Å². The van der Waals surface area contributed by atoms with Crippen molar-refractivity contribution in [1.82, 2.24) is 10.6 Å². The van der Waals surface area contributed by atoms with Gasteiger partial charge in [0.1, 0.15) is 5.60 Å². The molecule has 21 heavy (non-hydrogen) atoms. The van der Waals surface area contributed by atoms with E-state index >= 15 is 0 Å². The molecule has 0 saturated heterocycles. The second-order valence-corrected chi connectivity index (χ2v) is 5.97. The zero-order chi connectivity index (χ0) is 15.9.